The number of hydrogen-bond acceptors (Lipinski definition) is 2. The molecule has 0 saturated carbocycles. The van der Waals surface area contributed by atoms with E-state index in [4.69, 9.17) is 0 Å². The Hall–Kier alpha value is -0.610. The van der Waals surface area contributed by atoms with Crippen molar-refractivity contribution in [1.82, 2.24) is 5.32 Å². The Morgan fingerprint density at radius 3 is 2.60 bits per heavy atom. The van der Waals surface area contributed by atoms with Crippen molar-refractivity contribution in [1.29, 1.82) is 0 Å². The molecule has 2 atom stereocenters. The lowest BCUT2D eigenvalue weighted by atomic mass is 10.1. The highest BCUT2D eigenvalue weighted by Crippen LogP contribution is 2.36. The van der Waals surface area contributed by atoms with Crippen LogP contribution in [-0.4, -0.2) is 11.8 Å². The summed E-state index contributed by atoms with van der Waals surface area (Å²) in [5, 5.41) is 2.98. The van der Waals surface area contributed by atoms with Gasteiger partial charge in [0.1, 0.15) is 11.6 Å². The SMILES string of the molecule is CCC1CSC(c2c(F)cccc2F)N1. The Labute approximate surface area is 92.3 Å². The Balaban J connectivity index is 2.23. The zero-order chi connectivity index (χ0) is 10.8. The van der Waals surface area contributed by atoms with E-state index in [2.05, 4.69) is 12.2 Å². The molecule has 1 N–H and O–H groups in total. The highest BCUT2D eigenvalue weighted by Gasteiger charge is 2.28. The maximum Gasteiger partial charge on any atom is 0.131 e. The first-order valence-electron chi connectivity index (χ1n) is 5.04. The van der Waals surface area contributed by atoms with Gasteiger partial charge in [0.25, 0.3) is 0 Å². The summed E-state index contributed by atoms with van der Waals surface area (Å²) in [6.45, 7) is 2.07. The van der Waals surface area contributed by atoms with E-state index in [9.17, 15) is 8.78 Å². The van der Waals surface area contributed by atoms with Gasteiger partial charge in [0.2, 0.25) is 0 Å². The normalized spacial score (nSPS) is 25.8. The fraction of sp³-hybridized carbons (Fsp3) is 0.455. The molecule has 15 heavy (non-hydrogen) atoms. The van der Waals surface area contributed by atoms with Crippen LogP contribution < -0.4 is 5.32 Å². The van der Waals surface area contributed by atoms with Crippen LogP contribution in [0.3, 0.4) is 0 Å². The first kappa shape index (κ1) is 10.9. The van der Waals surface area contributed by atoms with Crippen molar-refractivity contribution < 1.29 is 8.78 Å². The molecule has 1 aliphatic rings. The third kappa shape index (κ3) is 2.16. The summed E-state index contributed by atoms with van der Waals surface area (Å²) in [6.07, 6.45) is 0.986. The third-order valence-corrected chi connectivity index (χ3v) is 3.91. The molecule has 1 saturated heterocycles. The van der Waals surface area contributed by atoms with Gasteiger partial charge in [0.05, 0.1) is 10.9 Å². The molecule has 1 fully saturated rings. The zero-order valence-corrected chi connectivity index (χ0v) is 9.28. The summed E-state index contributed by atoms with van der Waals surface area (Å²) in [5.74, 6) is -0.0110. The minimum absolute atomic E-state index is 0.165. The first-order valence-corrected chi connectivity index (χ1v) is 6.08. The number of hydrogen-bond donors (Lipinski definition) is 1. The molecule has 0 bridgehead atoms. The molecule has 1 aliphatic heterocycles. The van der Waals surface area contributed by atoms with E-state index in [-0.39, 0.29) is 10.9 Å². The van der Waals surface area contributed by atoms with Crippen LogP contribution in [0.4, 0.5) is 8.78 Å². The molecule has 4 heteroatoms. The summed E-state index contributed by atoms with van der Waals surface area (Å²) in [6, 6.07) is 4.37. The van der Waals surface area contributed by atoms with Crippen molar-refractivity contribution in [2.24, 2.45) is 0 Å². The molecular formula is C11H13F2NS. The molecule has 0 spiro atoms. The third-order valence-electron chi connectivity index (χ3n) is 2.61. The number of thioether (sulfide) groups is 1. The summed E-state index contributed by atoms with van der Waals surface area (Å²) >= 11 is 1.57. The van der Waals surface area contributed by atoms with Crippen LogP contribution >= 0.6 is 11.8 Å². The van der Waals surface area contributed by atoms with E-state index >= 15 is 0 Å². The molecule has 2 rings (SSSR count). The Morgan fingerprint density at radius 1 is 1.40 bits per heavy atom. The molecule has 0 aromatic heterocycles. The second-order valence-corrected chi connectivity index (χ2v) is 4.76. The molecule has 0 amide bonds. The van der Waals surface area contributed by atoms with Crippen molar-refractivity contribution in [3.8, 4) is 0 Å². The number of halogens is 2. The van der Waals surface area contributed by atoms with Crippen molar-refractivity contribution in [3.05, 3.63) is 35.4 Å². The average molecular weight is 229 g/mol. The Kier molecular flexibility index (Phi) is 3.26. The van der Waals surface area contributed by atoms with Crippen LogP contribution in [0.15, 0.2) is 18.2 Å². The van der Waals surface area contributed by atoms with E-state index in [1.807, 2.05) is 0 Å². The van der Waals surface area contributed by atoms with Crippen molar-refractivity contribution in [3.63, 3.8) is 0 Å². The highest BCUT2D eigenvalue weighted by molar-refractivity contribution is 7.99. The number of benzene rings is 1. The second kappa shape index (κ2) is 4.49. The van der Waals surface area contributed by atoms with Gasteiger partial charge >= 0.3 is 0 Å². The number of nitrogens with one attached hydrogen (secondary N) is 1. The van der Waals surface area contributed by atoms with Gasteiger partial charge in [-0.15, -0.1) is 11.8 Å². The lowest BCUT2D eigenvalue weighted by Crippen LogP contribution is -2.25. The van der Waals surface area contributed by atoms with Crippen molar-refractivity contribution >= 4 is 11.8 Å². The van der Waals surface area contributed by atoms with Gasteiger partial charge in [-0.25, -0.2) is 8.78 Å². The molecule has 1 nitrogen and oxygen atoms in total. The molecule has 1 aromatic carbocycles. The van der Waals surface area contributed by atoms with E-state index in [1.165, 1.54) is 18.2 Å². The standard InChI is InChI=1S/C11H13F2NS/c1-2-7-6-15-11(14-7)10-8(12)4-3-5-9(10)13/h3-5,7,11,14H,2,6H2,1H3. The predicted octanol–water partition coefficient (Wildman–Crippen LogP) is 3.08. The summed E-state index contributed by atoms with van der Waals surface area (Å²) in [7, 11) is 0. The lowest BCUT2D eigenvalue weighted by Gasteiger charge is -2.13. The molecule has 1 aromatic rings. The molecule has 82 valence electrons. The van der Waals surface area contributed by atoms with Crippen LogP contribution in [0, 0.1) is 11.6 Å². The van der Waals surface area contributed by atoms with Crippen LogP contribution in [0.5, 0.6) is 0 Å². The molecule has 1 heterocycles. The summed E-state index contributed by atoms with van der Waals surface area (Å²) in [4.78, 5) is 0. The minimum Gasteiger partial charge on any atom is -0.298 e. The van der Waals surface area contributed by atoms with Gasteiger partial charge in [0.15, 0.2) is 0 Å². The van der Waals surface area contributed by atoms with Crippen LogP contribution in [-0.2, 0) is 0 Å². The zero-order valence-electron chi connectivity index (χ0n) is 8.47. The Morgan fingerprint density at radius 2 is 2.07 bits per heavy atom. The summed E-state index contributed by atoms with van der Waals surface area (Å²) < 4.78 is 26.9. The van der Waals surface area contributed by atoms with Crippen LogP contribution in [0.2, 0.25) is 0 Å². The van der Waals surface area contributed by atoms with Gasteiger partial charge in [0, 0.05) is 11.8 Å². The van der Waals surface area contributed by atoms with Gasteiger partial charge < -0.3 is 0 Å². The van der Waals surface area contributed by atoms with E-state index in [0.29, 0.717) is 6.04 Å². The fourth-order valence-corrected chi connectivity index (χ4v) is 3.12. The molecule has 2 unspecified atom stereocenters. The maximum atomic E-state index is 13.4. The fourth-order valence-electron chi connectivity index (χ4n) is 1.69. The molecule has 0 aliphatic carbocycles. The van der Waals surface area contributed by atoms with E-state index < -0.39 is 11.6 Å². The van der Waals surface area contributed by atoms with Gasteiger partial charge in [-0.3, -0.25) is 5.32 Å². The minimum atomic E-state index is -0.461. The van der Waals surface area contributed by atoms with Gasteiger partial charge in [-0.05, 0) is 18.6 Å². The van der Waals surface area contributed by atoms with Crippen LogP contribution in [0.1, 0.15) is 24.3 Å². The monoisotopic (exact) mass is 229 g/mol. The summed E-state index contributed by atoms with van der Waals surface area (Å²) in [5.41, 5.74) is 0.165. The van der Waals surface area contributed by atoms with E-state index in [1.54, 1.807) is 11.8 Å². The first-order chi connectivity index (χ1) is 7.22. The number of rotatable bonds is 2. The molecule has 0 radical (unpaired) electrons. The van der Waals surface area contributed by atoms with E-state index in [0.717, 1.165) is 12.2 Å². The molecular weight excluding hydrogens is 216 g/mol. The largest absolute Gasteiger partial charge is 0.298 e. The predicted molar refractivity (Wildman–Crippen MR) is 58.8 cm³/mol. The van der Waals surface area contributed by atoms with Gasteiger partial charge in [-0.1, -0.05) is 13.0 Å². The quantitative estimate of drug-likeness (QED) is 0.836. The second-order valence-electron chi connectivity index (χ2n) is 3.62. The van der Waals surface area contributed by atoms with Crippen molar-refractivity contribution in [2.45, 2.75) is 24.8 Å². The lowest BCUT2D eigenvalue weighted by molar-refractivity contribution is 0.507. The maximum absolute atomic E-state index is 13.4. The topological polar surface area (TPSA) is 12.0 Å². The van der Waals surface area contributed by atoms with Crippen LogP contribution in [0.25, 0.3) is 0 Å². The Bertz CT molecular complexity index is 336. The van der Waals surface area contributed by atoms with Gasteiger partial charge in [-0.2, -0.15) is 0 Å². The highest BCUT2D eigenvalue weighted by atomic mass is 32.2. The van der Waals surface area contributed by atoms with Crippen molar-refractivity contribution in [2.75, 3.05) is 5.75 Å². The average Bonchev–Trinajstić information content (AvgIpc) is 2.66. The smallest absolute Gasteiger partial charge is 0.131 e.